The lowest BCUT2D eigenvalue weighted by Gasteiger charge is -2.10. The number of aryl methyl sites for hydroxylation is 3. The molecule has 2 heterocycles. The maximum Gasteiger partial charge on any atom is 0.223 e. The van der Waals surface area contributed by atoms with Gasteiger partial charge in [-0.25, -0.2) is 0 Å². The maximum absolute atomic E-state index is 12.5. The van der Waals surface area contributed by atoms with Crippen molar-refractivity contribution in [3.05, 3.63) is 52.7 Å². The van der Waals surface area contributed by atoms with Crippen molar-refractivity contribution in [1.82, 2.24) is 15.3 Å². The Kier molecular flexibility index (Phi) is 2.79. The third kappa shape index (κ3) is 2.54. The number of ketones is 1. The van der Waals surface area contributed by atoms with Gasteiger partial charge in [-0.3, -0.25) is 4.79 Å². The SMILES string of the molecule is [2H]C([2H])([2H])c1nc(-c2ccc3c(c2)CC[C@H]3CC(=O)c2oncc2C)no1. The minimum atomic E-state index is -2.42. The van der Waals surface area contributed by atoms with Crippen LogP contribution in [0.1, 0.15) is 56.0 Å². The van der Waals surface area contributed by atoms with E-state index in [1.807, 2.05) is 18.2 Å². The quantitative estimate of drug-likeness (QED) is 0.681. The molecule has 2 aromatic heterocycles. The Morgan fingerprint density at radius 2 is 2.33 bits per heavy atom. The molecular formula is C18H17N3O3. The fourth-order valence-electron chi connectivity index (χ4n) is 3.27. The number of hydrogen-bond acceptors (Lipinski definition) is 6. The molecule has 1 aromatic carbocycles. The number of fused-ring (bicyclic) bond motifs is 1. The molecule has 0 unspecified atom stereocenters. The lowest BCUT2D eigenvalue weighted by Crippen LogP contribution is -2.05. The second-order valence-corrected chi connectivity index (χ2v) is 6.04. The molecule has 3 aromatic rings. The highest BCUT2D eigenvalue weighted by atomic mass is 16.5. The number of carbonyl (C=O) groups excluding carboxylic acids is 1. The van der Waals surface area contributed by atoms with Gasteiger partial charge in [-0.05, 0) is 42.9 Å². The van der Waals surface area contributed by atoms with Gasteiger partial charge in [0.2, 0.25) is 23.3 Å². The van der Waals surface area contributed by atoms with Gasteiger partial charge in [-0.15, -0.1) is 0 Å². The van der Waals surface area contributed by atoms with Crippen LogP contribution in [0.15, 0.2) is 33.4 Å². The molecular weight excluding hydrogens is 306 g/mol. The van der Waals surface area contributed by atoms with Crippen molar-refractivity contribution >= 4 is 5.78 Å². The Hall–Kier alpha value is -2.76. The maximum atomic E-state index is 12.5. The molecule has 6 nitrogen and oxygen atoms in total. The summed E-state index contributed by atoms with van der Waals surface area (Å²) in [6, 6.07) is 5.72. The van der Waals surface area contributed by atoms with Gasteiger partial charge in [0.15, 0.2) is 0 Å². The largest absolute Gasteiger partial charge is 0.353 e. The van der Waals surface area contributed by atoms with Crippen molar-refractivity contribution < 1.29 is 18.0 Å². The van der Waals surface area contributed by atoms with E-state index in [1.54, 1.807) is 13.1 Å². The first-order valence-electron chi connectivity index (χ1n) is 9.25. The summed E-state index contributed by atoms with van der Waals surface area (Å²) in [4.78, 5) is 16.4. The summed E-state index contributed by atoms with van der Waals surface area (Å²) in [5.74, 6) is 0.273. The van der Waals surface area contributed by atoms with E-state index in [0.717, 1.165) is 29.5 Å². The topological polar surface area (TPSA) is 82.0 Å². The molecule has 1 atom stereocenters. The number of carbonyl (C=O) groups is 1. The monoisotopic (exact) mass is 326 g/mol. The van der Waals surface area contributed by atoms with Crippen molar-refractivity contribution in [1.29, 1.82) is 0 Å². The molecule has 0 radical (unpaired) electrons. The van der Waals surface area contributed by atoms with Crippen LogP contribution < -0.4 is 0 Å². The summed E-state index contributed by atoms with van der Waals surface area (Å²) in [5.41, 5.74) is 3.67. The second-order valence-electron chi connectivity index (χ2n) is 6.04. The lowest BCUT2D eigenvalue weighted by atomic mass is 9.93. The minimum absolute atomic E-state index is 0.0487. The molecule has 4 rings (SSSR count). The molecule has 0 spiro atoms. The van der Waals surface area contributed by atoms with Crippen molar-refractivity contribution in [3.63, 3.8) is 0 Å². The minimum Gasteiger partial charge on any atom is -0.353 e. The third-order valence-electron chi connectivity index (χ3n) is 4.46. The fourth-order valence-corrected chi connectivity index (χ4v) is 3.27. The Morgan fingerprint density at radius 3 is 3.08 bits per heavy atom. The van der Waals surface area contributed by atoms with Crippen molar-refractivity contribution in [3.8, 4) is 11.4 Å². The van der Waals surface area contributed by atoms with Gasteiger partial charge >= 0.3 is 0 Å². The predicted octanol–water partition coefficient (Wildman–Crippen LogP) is 3.64. The first kappa shape index (κ1) is 11.7. The van der Waals surface area contributed by atoms with Crippen molar-refractivity contribution in [2.75, 3.05) is 0 Å². The second kappa shape index (κ2) is 5.70. The first-order valence-corrected chi connectivity index (χ1v) is 7.75. The summed E-state index contributed by atoms with van der Waals surface area (Å²) in [5, 5.41) is 7.44. The average Bonchev–Trinajstić information content (AvgIpc) is 3.33. The zero-order chi connectivity index (χ0) is 19.2. The van der Waals surface area contributed by atoms with Crippen LogP contribution in [-0.4, -0.2) is 21.1 Å². The molecule has 1 aliphatic rings. The Labute approximate surface area is 143 Å². The normalized spacial score (nSPS) is 18.7. The van der Waals surface area contributed by atoms with Crippen LogP contribution in [-0.2, 0) is 6.42 Å². The van der Waals surface area contributed by atoms with Gasteiger partial charge in [0.1, 0.15) is 0 Å². The van der Waals surface area contributed by atoms with Gasteiger partial charge in [0.05, 0.1) is 6.20 Å². The molecule has 1 aliphatic carbocycles. The summed E-state index contributed by atoms with van der Waals surface area (Å²) < 4.78 is 31.9. The predicted molar refractivity (Wildman–Crippen MR) is 85.7 cm³/mol. The highest BCUT2D eigenvalue weighted by molar-refractivity contribution is 5.95. The van der Waals surface area contributed by atoms with Crippen LogP contribution >= 0.6 is 0 Å². The highest BCUT2D eigenvalue weighted by Gasteiger charge is 2.27. The lowest BCUT2D eigenvalue weighted by molar-refractivity contribution is 0.0936. The van der Waals surface area contributed by atoms with Crippen LogP contribution in [0.2, 0.25) is 0 Å². The zero-order valence-corrected chi connectivity index (χ0v) is 13.1. The molecule has 6 heteroatoms. The standard InChI is InChI=1S/C18H17N3O3/c1-10-9-19-24-17(10)16(22)8-13-4-3-12-7-14(5-6-15(12)13)18-20-11(2)23-21-18/h5-7,9,13H,3-4,8H2,1-2H3/t13-/m0/s1/i2D3. The molecule has 0 saturated carbocycles. The first-order chi connectivity index (χ1) is 12.8. The number of Topliss-reactive ketones (excluding diaryl/α,β-unsaturated/α-hetero) is 1. The number of hydrogen-bond donors (Lipinski definition) is 0. The van der Waals surface area contributed by atoms with Gasteiger partial charge in [-0.1, -0.05) is 22.4 Å². The molecule has 24 heavy (non-hydrogen) atoms. The van der Waals surface area contributed by atoms with Crippen LogP contribution in [0.3, 0.4) is 0 Å². The van der Waals surface area contributed by atoms with E-state index in [9.17, 15) is 4.79 Å². The number of nitrogens with zero attached hydrogens (tertiary/aromatic N) is 3. The third-order valence-corrected chi connectivity index (χ3v) is 4.46. The number of benzene rings is 1. The van der Waals surface area contributed by atoms with Crippen molar-refractivity contribution in [2.45, 2.75) is 39.0 Å². The molecule has 0 fully saturated rings. The molecule has 0 amide bonds. The van der Waals surface area contributed by atoms with Gasteiger partial charge in [0, 0.05) is 28.5 Å². The van der Waals surface area contributed by atoms with Crippen LogP contribution in [0, 0.1) is 13.8 Å². The van der Waals surface area contributed by atoms with E-state index in [2.05, 4.69) is 15.3 Å². The molecule has 0 saturated heterocycles. The summed E-state index contributed by atoms with van der Waals surface area (Å²) in [6.45, 7) is -0.622. The van der Waals surface area contributed by atoms with Gasteiger partial charge in [0.25, 0.3) is 0 Å². The number of aromatic nitrogens is 3. The summed E-state index contributed by atoms with van der Waals surface area (Å²) in [7, 11) is 0. The van der Waals surface area contributed by atoms with Crippen LogP contribution in [0.5, 0.6) is 0 Å². The molecule has 0 bridgehead atoms. The fraction of sp³-hybridized carbons (Fsp3) is 0.333. The zero-order valence-electron chi connectivity index (χ0n) is 16.1. The molecule has 0 aliphatic heterocycles. The van der Waals surface area contributed by atoms with Crippen molar-refractivity contribution in [2.24, 2.45) is 0 Å². The van der Waals surface area contributed by atoms with Crippen LogP contribution in [0.25, 0.3) is 11.4 Å². The van der Waals surface area contributed by atoms with Gasteiger partial charge < -0.3 is 9.05 Å². The van der Waals surface area contributed by atoms with E-state index in [0.29, 0.717) is 17.7 Å². The van der Waals surface area contributed by atoms with E-state index in [4.69, 9.17) is 13.2 Å². The molecule has 122 valence electrons. The Bertz CT molecular complexity index is 1010. The van der Waals surface area contributed by atoms with Crippen LogP contribution in [0.4, 0.5) is 0 Å². The van der Waals surface area contributed by atoms with Gasteiger partial charge in [-0.2, -0.15) is 4.98 Å². The van der Waals surface area contributed by atoms with E-state index in [1.165, 1.54) is 0 Å². The smallest absolute Gasteiger partial charge is 0.223 e. The van der Waals surface area contributed by atoms with E-state index >= 15 is 0 Å². The number of rotatable bonds is 4. The summed E-state index contributed by atoms with van der Waals surface area (Å²) in [6.07, 6.45) is 3.61. The average molecular weight is 326 g/mol. The van der Waals surface area contributed by atoms with E-state index < -0.39 is 6.85 Å². The summed E-state index contributed by atoms with van der Waals surface area (Å²) >= 11 is 0. The molecule has 0 N–H and O–H groups in total. The Morgan fingerprint density at radius 1 is 1.42 bits per heavy atom. The highest BCUT2D eigenvalue weighted by Crippen LogP contribution is 2.38. The van der Waals surface area contributed by atoms with E-state index in [-0.39, 0.29) is 23.4 Å². The Balaban J connectivity index is 1.55.